The predicted molar refractivity (Wildman–Crippen MR) is 75.7 cm³/mol. The largest absolute Gasteiger partial charge is 0.460 e. The van der Waals surface area contributed by atoms with Crippen molar-refractivity contribution in [3.05, 3.63) is 0 Å². The number of hydrogen-bond donors (Lipinski definition) is 0. The summed E-state index contributed by atoms with van der Waals surface area (Å²) in [5.41, 5.74) is -0.545. The number of carbonyl (C=O) groups is 3. The predicted octanol–water partition coefficient (Wildman–Crippen LogP) is 1.75. The summed E-state index contributed by atoms with van der Waals surface area (Å²) in [6, 6.07) is 0. The molecular weight excluding hydrogens is 330 g/mol. The number of nitrogens with zero attached hydrogens (tertiary/aromatic N) is 1. The fourth-order valence-electron chi connectivity index (χ4n) is 1.70. The lowest BCUT2D eigenvalue weighted by Gasteiger charge is -2.41. The average Bonchev–Trinajstić information content (AvgIpc) is 2.23. The van der Waals surface area contributed by atoms with Crippen LogP contribution in [-0.2, 0) is 19.1 Å². The lowest BCUT2D eigenvalue weighted by atomic mass is 9.94. The zero-order valence-electron chi connectivity index (χ0n) is 12.1. The summed E-state index contributed by atoms with van der Waals surface area (Å²) in [7, 11) is 0. The van der Waals surface area contributed by atoms with Gasteiger partial charge in [0, 0.05) is 19.0 Å². The van der Waals surface area contributed by atoms with Crippen LogP contribution >= 0.6 is 15.9 Å². The quantitative estimate of drug-likeness (QED) is 0.439. The number of carbonyl (C=O) groups excluding carboxylic acids is 3. The van der Waals surface area contributed by atoms with Gasteiger partial charge in [0.2, 0.25) is 0 Å². The van der Waals surface area contributed by atoms with Gasteiger partial charge in [-0.15, -0.1) is 0 Å². The van der Waals surface area contributed by atoms with E-state index >= 15 is 0 Å². The van der Waals surface area contributed by atoms with Crippen molar-refractivity contribution in [3.8, 4) is 0 Å². The van der Waals surface area contributed by atoms with Gasteiger partial charge in [0.25, 0.3) is 5.78 Å². The number of esters is 1. The Balaban J connectivity index is 2.42. The van der Waals surface area contributed by atoms with Gasteiger partial charge in [-0.3, -0.25) is 4.79 Å². The van der Waals surface area contributed by atoms with Gasteiger partial charge in [-0.1, -0.05) is 15.9 Å². The highest BCUT2D eigenvalue weighted by Crippen LogP contribution is 2.27. The normalized spacial score (nSPS) is 17.1. The van der Waals surface area contributed by atoms with Crippen LogP contribution in [0.3, 0.4) is 0 Å². The molecular formula is C13H20BrNO5. The molecule has 1 unspecified atom stereocenters. The molecule has 1 rings (SSSR count). The fourth-order valence-corrected chi connectivity index (χ4v) is 2.22. The van der Waals surface area contributed by atoms with Crippen molar-refractivity contribution in [1.29, 1.82) is 0 Å². The maximum atomic E-state index is 11.7. The molecule has 0 saturated carbocycles. The molecule has 0 spiro atoms. The minimum Gasteiger partial charge on any atom is -0.460 e. The maximum absolute atomic E-state index is 11.7. The molecule has 6 nitrogen and oxygen atoms in total. The van der Waals surface area contributed by atoms with Gasteiger partial charge in [-0.2, -0.15) is 0 Å². The highest BCUT2D eigenvalue weighted by molar-refractivity contribution is 9.10. The van der Waals surface area contributed by atoms with Crippen molar-refractivity contribution in [2.75, 3.05) is 19.7 Å². The van der Waals surface area contributed by atoms with Gasteiger partial charge < -0.3 is 14.4 Å². The van der Waals surface area contributed by atoms with Crippen LogP contribution in [0.4, 0.5) is 4.79 Å². The number of hydrogen-bond acceptors (Lipinski definition) is 5. The number of alkyl halides is 1. The van der Waals surface area contributed by atoms with Crippen molar-refractivity contribution in [3.63, 3.8) is 0 Å². The Labute approximate surface area is 126 Å². The van der Waals surface area contributed by atoms with Crippen molar-refractivity contribution in [2.45, 2.75) is 38.1 Å². The summed E-state index contributed by atoms with van der Waals surface area (Å²) < 4.78 is 9.87. The van der Waals surface area contributed by atoms with Crippen molar-refractivity contribution in [2.24, 2.45) is 5.92 Å². The van der Waals surface area contributed by atoms with Gasteiger partial charge in [-0.25, -0.2) is 9.59 Å². The van der Waals surface area contributed by atoms with Crippen LogP contribution in [0, 0.1) is 5.92 Å². The van der Waals surface area contributed by atoms with E-state index in [1.165, 1.54) is 4.90 Å². The van der Waals surface area contributed by atoms with Crippen LogP contribution in [0.2, 0.25) is 0 Å². The SMILES string of the molecule is CCOC(=O)C(=O)C(Br)C1CN(C(=O)OC(C)(C)C)C1. The Kier molecular flexibility index (Phi) is 5.56. The van der Waals surface area contributed by atoms with E-state index in [9.17, 15) is 14.4 Å². The Hall–Kier alpha value is -1.11. The molecule has 20 heavy (non-hydrogen) atoms. The lowest BCUT2D eigenvalue weighted by molar-refractivity contribution is -0.154. The molecule has 7 heteroatoms. The number of rotatable bonds is 4. The number of likely N-dealkylation sites (tertiary alicyclic amines) is 1. The minimum absolute atomic E-state index is 0.0978. The Morgan fingerprint density at radius 2 is 1.85 bits per heavy atom. The lowest BCUT2D eigenvalue weighted by Crippen LogP contribution is -2.56. The van der Waals surface area contributed by atoms with Crippen molar-refractivity contribution >= 4 is 33.8 Å². The summed E-state index contributed by atoms with van der Waals surface area (Å²) in [4.78, 5) is 35.6. The molecule has 1 fully saturated rings. The standard InChI is InChI=1S/C13H20BrNO5/c1-5-19-11(17)10(16)9(14)8-6-15(7-8)12(18)20-13(2,3)4/h8-9H,5-7H2,1-4H3. The number of ether oxygens (including phenoxy) is 2. The molecule has 1 aliphatic rings. The van der Waals surface area contributed by atoms with E-state index in [4.69, 9.17) is 4.74 Å². The number of Topliss-reactive ketones (excluding diaryl/α,β-unsaturated/α-hetero) is 1. The minimum atomic E-state index is -0.843. The first-order valence-corrected chi connectivity index (χ1v) is 7.40. The Morgan fingerprint density at radius 1 is 1.30 bits per heavy atom. The third-order valence-corrected chi connectivity index (χ3v) is 3.87. The second-order valence-electron chi connectivity index (χ2n) is 5.63. The van der Waals surface area contributed by atoms with Crippen LogP contribution in [0.15, 0.2) is 0 Å². The number of amides is 1. The topological polar surface area (TPSA) is 72.9 Å². The molecule has 0 aliphatic carbocycles. The van der Waals surface area contributed by atoms with Crippen LogP contribution in [0.5, 0.6) is 0 Å². The summed E-state index contributed by atoms with van der Waals surface area (Å²) in [5.74, 6) is -1.55. The highest BCUT2D eigenvalue weighted by Gasteiger charge is 2.41. The number of halogens is 1. The molecule has 0 aromatic carbocycles. The molecule has 0 N–H and O–H groups in total. The molecule has 1 atom stereocenters. The summed E-state index contributed by atoms with van der Waals surface area (Å²) in [6.45, 7) is 7.95. The molecule has 1 amide bonds. The molecule has 0 bridgehead atoms. The molecule has 0 aromatic rings. The van der Waals surface area contributed by atoms with E-state index in [2.05, 4.69) is 20.7 Å². The van der Waals surface area contributed by atoms with Crippen LogP contribution in [0.1, 0.15) is 27.7 Å². The van der Waals surface area contributed by atoms with Gasteiger partial charge >= 0.3 is 12.1 Å². The average molecular weight is 350 g/mol. The second-order valence-corrected chi connectivity index (χ2v) is 6.62. The van der Waals surface area contributed by atoms with Gasteiger partial charge in [0.15, 0.2) is 0 Å². The summed E-state index contributed by atoms with van der Waals surface area (Å²) in [5, 5.41) is 0. The summed E-state index contributed by atoms with van der Waals surface area (Å²) >= 11 is 3.20. The maximum Gasteiger partial charge on any atom is 0.410 e. The molecule has 1 aliphatic heterocycles. The molecule has 1 heterocycles. The van der Waals surface area contributed by atoms with Crippen LogP contribution < -0.4 is 0 Å². The fraction of sp³-hybridized carbons (Fsp3) is 0.769. The monoisotopic (exact) mass is 349 g/mol. The van der Waals surface area contributed by atoms with E-state index in [0.717, 1.165) is 0 Å². The van der Waals surface area contributed by atoms with Gasteiger partial charge in [-0.05, 0) is 27.7 Å². The van der Waals surface area contributed by atoms with Crippen molar-refractivity contribution in [1.82, 2.24) is 4.90 Å². The number of ketones is 1. The molecule has 0 aromatic heterocycles. The van der Waals surface area contributed by atoms with Gasteiger partial charge in [0.1, 0.15) is 5.60 Å². The first-order chi connectivity index (χ1) is 9.15. The van der Waals surface area contributed by atoms with Gasteiger partial charge in [0.05, 0.1) is 11.4 Å². The first kappa shape index (κ1) is 16.9. The van der Waals surface area contributed by atoms with E-state index in [-0.39, 0.29) is 12.5 Å². The van der Waals surface area contributed by atoms with E-state index < -0.39 is 28.3 Å². The molecule has 114 valence electrons. The Morgan fingerprint density at radius 3 is 2.30 bits per heavy atom. The Bertz CT molecular complexity index is 398. The van der Waals surface area contributed by atoms with Crippen LogP contribution in [-0.4, -0.2) is 52.9 Å². The van der Waals surface area contributed by atoms with E-state index in [1.54, 1.807) is 27.7 Å². The molecule has 1 saturated heterocycles. The second kappa shape index (κ2) is 6.56. The molecule has 0 radical (unpaired) electrons. The van der Waals surface area contributed by atoms with E-state index in [1.807, 2.05) is 0 Å². The summed E-state index contributed by atoms with van der Waals surface area (Å²) in [6.07, 6.45) is -0.406. The first-order valence-electron chi connectivity index (χ1n) is 6.48. The third kappa shape index (κ3) is 4.47. The van der Waals surface area contributed by atoms with E-state index in [0.29, 0.717) is 13.1 Å². The van der Waals surface area contributed by atoms with Crippen molar-refractivity contribution < 1.29 is 23.9 Å². The zero-order valence-corrected chi connectivity index (χ0v) is 13.7. The third-order valence-electron chi connectivity index (χ3n) is 2.70. The highest BCUT2D eigenvalue weighted by atomic mass is 79.9. The zero-order chi connectivity index (χ0) is 15.5. The smallest absolute Gasteiger partial charge is 0.410 e. The van der Waals surface area contributed by atoms with Crippen LogP contribution in [0.25, 0.3) is 0 Å².